The number of methoxy groups -OCH3 is 1. The maximum absolute atomic E-state index is 11.6. The number of hydrogen-bond donors (Lipinski definition) is 0. The number of nitrogens with zero attached hydrogens (tertiary/aromatic N) is 3. The van der Waals surface area contributed by atoms with E-state index in [0.717, 1.165) is 41.1 Å². The average molecular weight is 434 g/mol. The molecule has 9 heteroatoms. The first kappa shape index (κ1) is 19.9. The second-order valence-corrected chi connectivity index (χ2v) is 9.29. The van der Waals surface area contributed by atoms with Crippen molar-refractivity contribution in [2.24, 2.45) is 0 Å². The molecule has 0 aliphatic carbocycles. The molecular formula is C20H20ClN3O4S. The zero-order chi connectivity index (χ0) is 20.6. The number of rotatable bonds is 5. The Morgan fingerprint density at radius 2 is 2.10 bits per heavy atom. The molecule has 0 fully saturated rings. The van der Waals surface area contributed by atoms with E-state index in [-0.39, 0.29) is 5.16 Å². The maximum atomic E-state index is 11.6. The molecule has 0 unspecified atom stereocenters. The molecule has 7 nitrogen and oxygen atoms in total. The number of sulfone groups is 1. The molecule has 0 saturated heterocycles. The Morgan fingerprint density at radius 3 is 2.83 bits per heavy atom. The lowest BCUT2D eigenvalue weighted by atomic mass is 10.1. The standard InChI is InChI=1S/C20H20ClN3O4S/c1-27-19-5-3-13(9-16(19)21)18-6-4-15(28-18)12-24-8-7-17-14(11-24)10-22-20(23-17)29(2,25)26/h3-6,9-10H,7-8,11-12H2,1-2H3. The molecule has 0 N–H and O–H groups in total. The number of halogens is 1. The van der Waals surface area contributed by atoms with Gasteiger partial charge in [-0.2, -0.15) is 0 Å². The molecule has 2 aromatic heterocycles. The topological polar surface area (TPSA) is 85.5 Å². The first-order chi connectivity index (χ1) is 13.8. The van der Waals surface area contributed by atoms with Crippen LogP contribution in [0.3, 0.4) is 0 Å². The van der Waals surface area contributed by atoms with E-state index in [0.29, 0.717) is 30.3 Å². The average Bonchev–Trinajstić information content (AvgIpc) is 3.15. The van der Waals surface area contributed by atoms with Crippen LogP contribution in [0.2, 0.25) is 5.02 Å². The van der Waals surface area contributed by atoms with E-state index < -0.39 is 9.84 Å². The van der Waals surface area contributed by atoms with Crippen LogP contribution in [-0.4, -0.2) is 43.2 Å². The van der Waals surface area contributed by atoms with Crippen molar-refractivity contribution in [2.45, 2.75) is 24.7 Å². The van der Waals surface area contributed by atoms with Gasteiger partial charge in [-0.05, 0) is 30.3 Å². The number of ether oxygens (including phenoxy) is 1. The van der Waals surface area contributed by atoms with Crippen molar-refractivity contribution in [3.05, 3.63) is 58.6 Å². The molecule has 0 saturated carbocycles. The summed E-state index contributed by atoms with van der Waals surface area (Å²) < 4.78 is 34.5. The summed E-state index contributed by atoms with van der Waals surface area (Å²) >= 11 is 6.20. The van der Waals surface area contributed by atoms with Crippen LogP contribution < -0.4 is 4.74 Å². The molecule has 0 bridgehead atoms. The Morgan fingerprint density at radius 1 is 1.28 bits per heavy atom. The summed E-state index contributed by atoms with van der Waals surface area (Å²) in [4.78, 5) is 10.4. The molecule has 29 heavy (non-hydrogen) atoms. The van der Waals surface area contributed by atoms with E-state index in [1.165, 1.54) is 0 Å². The van der Waals surface area contributed by atoms with Crippen LogP contribution in [0.5, 0.6) is 5.75 Å². The highest BCUT2D eigenvalue weighted by atomic mass is 35.5. The SMILES string of the molecule is COc1ccc(-c2ccc(CN3CCc4nc(S(C)(=O)=O)ncc4C3)o2)cc1Cl. The highest BCUT2D eigenvalue weighted by Gasteiger charge is 2.22. The Labute approximate surface area is 174 Å². The number of fused-ring (bicyclic) bond motifs is 1. The summed E-state index contributed by atoms with van der Waals surface area (Å²) in [6.45, 7) is 2.04. The van der Waals surface area contributed by atoms with Gasteiger partial charge in [0.15, 0.2) is 0 Å². The molecule has 0 radical (unpaired) electrons. The van der Waals surface area contributed by atoms with Crippen LogP contribution in [0.15, 0.2) is 46.1 Å². The zero-order valence-electron chi connectivity index (χ0n) is 16.1. The van der Waals surface area contributed by atoms with Crippen LogP contribution in [0, 0.1) is 0 Å². The first-order valence-electron chi connectivity index (χ1n) is 9.03. The van der Waals surface area contributed by atoms with Crippen molar-refractivity contribution in [1.82, 2.24) is 14.9 Å². The Kier molecular flexibility index (Phi) is 5.33. The first-order valence-corrected chi connectivity index (χ1v) is 11.3. The lowest BCUT2D eigenvalue weighted by Crippen LogP contribution is -2.31. The van der Waals surface area contributed by atoms with Crippen molar-refractivity contribution >= 4 is 21.4 Å². The second kappa shape index (κ2) is 7.78. The van der Waals surface area contributed by atoms with Gasteiger partial charge in [-0.1, -0.05) is 11.6 Å². The predicted octanol–water partition coefficient (Wildman–Crippen LogP) is 3.36. The second-order valence-electron chi connectivity index (χ2n) is 6.97. The van der Waals surface area contributed by atoms with Crippen molar-refractivity contribution in [1.29, 1.82) is 0 Å². The van der Waals surface area contributed by atoms with Crippen molar-refractivity contribution in [3.63, 3.8) is 0 Å². The fourth-order valence-electron chi connectivity index (χ4n) is 3.33. The third-order valence-electron chi connectivity index (χ3n) is 4.80. The minimum atomic E-state index is -3.40. The van der Waals surface area contributed by atoms with Crippen LogP contribution in [0.4, 0.5) is 0 Å². The monoisotopic (exact) mass is 433 g/mol. The van der Waals surface area contributed by atoms with Gasteiger partial charge in [-0.25, -0.2) is 18.4 Å². The van der Waals surface area contributed by atoms with E-state index in [1.54, 1.807) is 13.3 Å². The summed E-state index contributed by atoms with van der Waals surface area (Å²) in [7, 11) is -1.82. The highest BCUT2D eigenvalue weighted by Crippen LogP contribution is 2.31. The van der Waals surface area contributed by atoms with Crippen molar-refractivity contribution < 1.29 is 17.6 Å². The summed E-state index contributed by atoms with van der Waals surface area (Å²) in [6.07, 6.45) is 3.40. The number of hydrogen-bond acceptors (Lipinski definition) is 7. The maximum Gasteiger partial charge on any atom is 0.246 e. The Balaban J connectivity index is 1.47. The van der Waals surface area contributed by atoms with E-state index in [4.69, 9.17) is 20.8 Å². The van der Waals surface area contributed by atoms with Crippen LogP contribution in [0.1, 0.15) is 17.0 Å². The zero-order valence-corrected chi connectivity index (χ0v) is 17.6. The van der Waals surface area contributed by atoms with Gasteiger partial charge in [-0.3, -0.25) is 4.90 Å². The van der Waals surface area contributed by atoms with Gasteiger partial charge in [0.05, 0.1) is 24.4 Å². The molecule has 1 aliphatic heterocycles. The molecule has 3 aromatic rings. The third-order valence-corrected chi connectivity index (χ3v) is 5.96. The molecule has 0 spiro atoms. The van der Waals surface area contributed by atoms with Gasteiger partial charge in [0.2, 0.25) is 15.0 Å². The molecule has 3 heterocycles. The minimum absolute atomic E-state index is 0.112. The van der Waals surface area contributed by atoms with Gasteiger partial charge in [0.25, 0.3) is 0 Å². The smallest absolute Gasteiger partial charge is 0.246 e. The van der Waals surface area contributed by atoms with E-state index in [1.807, 2.05) is 30.3 Å². The van der Waals surface area contributed by atoms with E-state index in [9.17, 15) is 8.42 Å². The third kappa shape index (κ3) is 4.29. The van der Waals surface area contributed by atoms with Crippen LogP contribution >= 0.6 is 11.6 Å². The van der Waals surface area contributed by atoms with Gasteiger partial charge in [-0.15, -0.1) is 0 Å². The number of furan rings is 1. The van der Waals surface area contributed by atoms with Crippen LogP contribution in [-0.2, 0) is 29.3 Å². The van der Waals surface area contributed by atoms with Gasteiger partial charge in [0, 0.05) is 43.1 Å². The van der Waals surface area contributed by atoms with Gasteiger partial charge >= 0.3 is 0 Å². The molecule has 4 rings (SSSR count). The predicted molar refractivity (Wildman–Crippen MR) is 109 cm³/mol. The fourth-order valence-corrected chi connectivity index (χ4v) is 4.11. The molecular weight excluding hydrogens is 414 g/mol. The molecule has 1 aromatic carbocycles. The number of benzene rings is 1. The molecule has 152 valence electrons. The van der Waals surface area contributed by atoms with Gasteiger partial charge < -0.3 is 9.15 Å². The van der Waals surface area contributed by atoms with E-state index >= 15 is 0 Å². The normalized spacial score (nSPS) is 14.6. The minimum Gasteiger partial charge on any atom is -0.495 e. The summed E-state index contributed by atoms with van der Waals surface area (Å²) in [5.41, 5.74) is 2.62. The van der Waals surface area contributed by atoms with Crippen LogP contribution in [0.25, 0.3) is 11.3 Å². The summed E-state index contributed by atoms with van der Waals surface area (Å²) in [5, 5.41) is 0.419. The highest BCUT2D eigenvalue weighted by molar-refractivity contribution is 7.90. The lowest BCUT2D eigenvalue weighted by molar-refractivity contribution is 0.223. The molecule has 1 aliphatic rings. The Hall–Kier alpha value is -2.42. The Bertz CT molecular complexity index is 1160. The van der Waals surface area contributed by atoms with Crippen molar-refractivity contribution in [3.8, 4) is 17.1 Å². The summed E-state index contributed by atoms with van der Waals surface area (Å²) in [5.74, 6) is 2.20. The fraction of sp³-hybridized carbons (Fsp3) is 0.300. The largest absolute Gasteiger partial charge is 0.495 e. The summed E-state index contributed by atoms with van der Waals surface area (Å²) in [6, 6.07) is 9.41. The van der Waals surface area contributed by atoms with Gasteiger partial charge in [0.1, 0.15) is 17.3 Å². The quantitative estimate of drug-likeness (QED) is 0.570. The lowest BCUT2D eigenvalue weighted by Gasteiger charge is -2.27. The van der Waals surface area contributed by atoms with Crippen molar-refractivity contribution in [2.75, 3.05) is 19.9 Å². The number of aromatic nitrogens is 2. The van der Waals surface area contributed by atoms with E-state index in [2.05, 4.69) is 14.9 Å². The molecule has 0 atom stereocenters. The molecule has 0 amide bonds.